The van der Waals surface area contributed by atoms with Gasteiger partial charge in [0.25, 0.3) is 0 Å². The van der Waals surface area contributed by atoms with Crippen molar-refractivity contribution < 1.29 is 9.53 Å². The molecule has 0 saturated carbocycles. The number of aryl methyl sites for hydroxylation is 1. The Labute approximate surface area is 123 Å². The van der Waals surface area contributed by atoms with Gasteiger partial charge in [0.05, 0.1) is 18.7 Å². The highest BCUT2D eigenvalue weighted by atomic mass is 32.1. The zero-order valence-corrected chi connectivity index (χ0v) is 12.8. The Morgan fingerprint density at radius 1 is 1.35 bits per heavy atom. The molecule has 1 atom stereocenters. The first-order valence-corrected chi connectivity index (χ1v) is 7.49. The average Bonchev–Trinajstić information content (AvgIpc) is 2.95. The maximum absolute atomic E-state index is 11.5. The van der Waals surface area contributed by atoms with E-state index < -0.39 is 0 Å². The summed E-state index contributed by atoms with van der Waals surface area (Å²) in [7, 11) is 1.39. The summed E-state index contributed by atoms with van der Waals surface area (Å²) >= 11 is 1.82. The number of carbonyl (C=O) groups is 1. The van der Waals surface area contributed by atoms with E-state index in [1.165, 1.54) is 16.9 Å². The highest BCUT2D eigenvalue weighted by Gasteiger charge is 2.10. The van der Waals surface area contributed by atoms with Gasteiger partial charge in [0.15, 0.2) is 0 Å². The minimum absolute atomic E-state index is 0.216. The predicted molar refractivity (Wildman–Crippen MR) is 83.5 cm³/mol. The lowest BCUT2D eigenvalue weighted by atomic mass is 10.2. The van der Waals surface area contributed by atoms with Crippen LogP contribution in [0.15, 0.2) is 36.4 Å². The van der Waals surface area contributed by atoms with Gasteiger partial charge < -0.3 is 10.1 Å². The highest BCUT2D eigenvalue weighted by Crippen LogP contribution is 2.26. The molecular weight excluding hydrogens is 270 g/mol. The first-order chi connectivity index (χ1) is 9.63. The van der Waals surface area contributed by atoms with Gasteiger partial charge >= 0.3 is 5.97 Å². The van der Waals surface area contributed by atoms with Crippen LogP contribution in [0.25, 0.3) is 0 Å². The quantitative estimate of drug-likeness (QED) is 0.835. The van der Waals surface area contributed by atoms with Gasteiger partial charge in [-0.2, -0.15) is 0 Å². The van der Waals surface area contributed by atoms with Crippen LogP contribution < -0.4 is 5.32 Å². The summed E-state index contributed by atoms with van der Waals surface area (Å²) in [6.07, 6.45) is 1.06. The molecule has 20 heavy (non-hydrogen) atoms. The Balaban J connectivity index is 2.11. The maximum atomic E-state index is 11.5. The van der Waals surface area contributed by atoms with Crippen LogP contribution in [0.4, 0.5) is 5.69 Å². The summed E-state index contributed by atoms with van der Waals surface area (Å²) in [5.41, 5.74) is 1.48. The fraction of sp³-hybridized carbons (Fsp3) is 0.312. The predicted octanol–water partition coefficient (Wildman–Crippen LogP) is 4.27. The third kappa shape index (κ3) is 3.39. The lowest BCUT2D eigenvalue weighted by molar-refractivity contribution is 0.0601. The number of ether oxygens (including phenoxy) is 1. The fourth-order valence-electron chi connectivity index (χ4n) is 1.99. The Morgan fingerprint density at radius 2 is 2.15 bits per heavy atom. The zero-order chi connectivity index (χ0) is 14.5. The fourth-order valence-corrected chi connectivity index (χ4v) is 2.95. The van der Waals surface area contributed by atoms with Gasteiger partial charge in [-0.15, -0.1) is 11.3 Å². The Bertz CT molecular complexity index is 592. The van der Waals surface area contributed by atoms with E-state index in [0.29, 0.717) is 5.56 Å². The van der Waals surface area contributed by atoms with E-state index in [9.17, 15) is 4.79 Å². The van der Waals surface area contributed by atoms with Crippen molar-refractivity contribution in [3.63, 3.8) is 0 Å². The zero-order valence-electron chi connectivity index (χ0n) is 12.0. The van der Waals surface area contributed by atoms with E-state index in [1.807, 2.05) is 29.5 Å². The first kappa shape index (κ1) is 14.6. The van der Waals surface area contributed by atoms with E-state index in [-0.39, 0.29) is 12.0 Å². The summed E-state index contributed by atoms with van der Waals surface area (Å²) in [6, 6.07) is 11.9. The number of nitrogens with one attached hydrogen (secondary N) is 1. The molecule has 1 N–H and O–H groups in total. The topological polar surface area (TPSA) is 38.3 Å². The van der Waals surface area contributed by atoms with Crippen LogP contribution in [0.3, 0.4) is 0 Å². The summed E-state index contributed by atoms with van der Waals surface area (Å²) in [5.74, 6) is -0.314. The number of esters is 1. The monoisotopic (exact) mass is 289 g/mol. The molecule has 0 aliphatic rings. The van der Waals surface area contributed by atoms with Gasteiger partial charge in [0, 0.05) is 15.4 Å². The largest absolute Gasteiger partial charge is 0.465 e. The van der Waals surface area contributed by atoms with Crippen LogP contribution in [-0.4, -0.2) is 13.1 Å². The molecule has 106 valence electrons. The van der Waals surface area contributed by atoms with Crippen LogP contribution in [-0.2, 0) is 11.2 Å². The number of benzene rings is 1. The molecule has 3 nitrogen and oxygen atoms in total. The molecule has 2 rings (SSSR count). The lowest BCUT2D eigenvalue weighted by Gasteiger charge is -2.14. The van der Waals surface area contributed by atoms with Crippen LogP contribution in [0.2, 0.25) is 0 Å². The van der Waals surface area contributed by atoms with Gasteiger partial charge in [0.1, 0.15) is 0 Å². The number of carbonyl (C=O) groups excluding carboxylic acids is 1. The molecule has 4 heteroatoms. The molecule has 0 amide bonds. The van der Waals surface area contributed by atoms with Gasteiger partial charge in [-0.3, -0.25) is 0 Å². The highest BCUT2D eigenvalue weighted by molar-refractivity contribution is 7.12. The summed E-state index contributed by atoms with van der Waals surface area (Å²) < 4.78 is 4.73. The second kappa shape index (κ2) is 6.57. The molecule has 1 aromatic carbocycles. The van der Waals surface area contributed by atoms with E-state index in [4.69, 9.17) is 4.74 Å². The van der Waals surface area contributed by atoms with E-state index in [1.54, 1.807) is 6.07 Å². The smallest absolute Gasteiger partial charge is 0.337 e. The third-order valence-electron chi connectivity index (χ3n) is 3.12. The molecule has 0 bridgehead atoms. The van der Waals surface area contributed by atoms with Crippen LogP contribution in [0.1, 0.15) is 40.0 Å². The van der Waals surface area contributed by atoms with Crippen molar-refractivity contribution in [2.24, 2.45) is 0 Å². The maximum Gasteiger partial charge on any atom is 0.337 e. The van der Waals surface area contributed by atoms with Gasteiger partial charge in [-0.1, -0.05) is 13.0 Å². The standard InChI is InChI=1S/C16H19NO2S/c1-4-14-8-9-15(20-14)11(2)17-13-7-5-6-12(10-13)16(18)19-3/h5-11,17H,4H2,1-3H3. The summed E-state index contributed by atoms with van der Waals surface area (Å²) in [4.78, 5) is 14.2. The van der Waals surface area contributed by atoms with Crippen LogP contribution in [0.5, 0.6) is 0 Å². The number of hydrogen-bond acceptors (Lipinski definition) is 4. The SMILES string of the molecule is CCc1ccc(C(C)Nc2cccc(C(=O)OC)c2)s1. The first-order valence-electron chi connectivity index (χ1n) is 6.67. The van der Waals surface area contributed by atoms with Crippen molar-refractivity contribution >= 4 is 23.0 Å². The van der Waals surface area contributed by atoms with Gasteiger partial charge in [0.2, 0.25) is 0 Å². The number of rotatable bonds is 5. The van der Waals surface area contributed by atoms with Gasteiger partial charge in [-0.05, 0) is 43.7 Å². The molecule has 1 heterocycles. The Morgan fingerprint density at radius 3 is 2.80 bits per heavy atom. The molecule has 0 spiro atoms. The van der Waals surface area contributed by atoms with Crippen molar-refractivity contribution in [2.45, 2.75) is 26.3 Å². The van der Waals surface area contributed by atoms with E-state index in [0.717, 1.165) is 12.1 Å². The molecular formula is C16H19NO2S. The average molecular weight is 289 g/mol. The second-order valence-corrected chi connectivity index (χ2v) is 5.80. The normalized spacial score (nSPS) is 11.9. The van der Waals surface area contributed by atoms with Crippen molar-refractivity contribution in [1.82, 2.24) is 0 Å². The van der Waals surface area contributed by atoms with Crippen molar-refractivity contribution in [1.29, 1.82) is 0 Å². The van der Waals surface area contributed by atoms with E-state index >= 15 is 0 Å². The lowest BCUT2D eigenvalue weighted by Crippen LogP contribution is -2.06. The van der Waals surface area contributed by atoms with E-state index in [2.05, 4.69) is 31.3 Å². The minimum atomic E-state index is -0.314. The molecule has 0 aliphatic carbocycles. The molecule has 2 aromatic rings. The Kier molecular flexibility index (Phi) is 4.79. The third-order valence-corrected chi connectivity index (χ3v) is 4.54. The molecule has 1 aromatic heterocycles. The molecule has 0 fully saturated rings. The summed E-state index contributed by atoms with van der Waals surface area (Å²) in [6.45, 7) is 4.28. The molecule has 0 radical (unpaired) electrons. The van der Waals surface area contributed by atoms with Gasteiger partial charge in [-0.25, -0.2) is 4.79 Å². The summed E-state index contributed by atoms with van der Waals surface area (Å²) in [5, 5.41) is 3.42. The number of methoxy groups -OCH3 is 1. The second-order valence-electron chi connectivity index (χ2n) is 4.60. The molecule has 0 aliphatic heterocycles. The van der Waals surface area contributed by atoms with Crippen LogP contribution >= 0.6 is 11.3 Å². The minimum Gasteiger partial charge on any atom is -0.465 e. The number of thiophene rings is 1. The van der Waals surface area contributed by atoms with Crippen LogP contribution in [0, 0.1) is 0 Å². The van der Waals surface area contributed by atoms with Crippen molar-refractivity contribution in [2.75, 3.05) is 12.4 Å². The molecule has 0 saturated heterocycles. The number of anilines is 1. The number of hydrogen-bond donors (Lipinski definition) is 1. The Hall–Kier alpha value is -1.81. The van der Waals surface area contributed by atoms with Crippen molar-refractivity contribution in [3.05, 3.63) is 51.7 Å². The van der Waals surface area contributed by atoms with Crippen molar-refractivity contribution in [3.8, 4) is 0 Å². The molecule has 1 unspecified atom stereocenters.